The molecular formula is C20H16FN3OS. The Hall–Kier alpha value is -2.57. The first-order valence-electron chi connectivity index (χ1n) is 8.49. The van der Waals surface area contributed by atoms with Gasteiger partial charge in [-0.3, -0.25) is 4.98 Å². The fourth-order valence-corrected chi connectivity index (χ4v) is 3.97. The monoisotopic (exact) mass is 365 g/mol. The molecule has 130 valence electrons. The quantitative estimate of drug-likeness (QED) is 0.538. The highest BCUT2D eigenvalue weighted by molar-refractivity contribution is 7.16. The number of anilines is 1. The van der Waals surface area contributed by atoms with Gasteiger partial charge in [-0.15, -0.1) is 11.3 Å². The summed E-state index contributed by atoms with van der Waals surface area (Å²) < 4.78 is 20.0. The molecule has 0 N–H and O–H groups in total. The van der Waals surface area contributed by atoms with Crippen LogP contribution in [0.3, 0.4) is 0 Å². The topological polar surface area (TPSA) is 38.2 Å². The molecule has 3 heterocycles. The SMILES string of the molecule is Fc1ccc2nc(CN(c3ccc4ncsc4c3)C3COC3)ccc2c1. The average molecular weight is 365 g/mol. The normalized spacial score (nSPS) is 14.7. The smallest absolute Gasteiger partial charge is 0.123 e. The van der Waals surface area contributed by atoms with Gasteiger partial charge in [0.2, 0.25) is 0 Å². The molecule has 5 rings (SSSR count). The molecule has 6 heteroatoms. The van der Waals surface area contributed by atoms with Crippen LogP contribution in [0.15, 0.2) is 54.0 Å². The van der Waals surface area contributed by atoms with Crippen molar-refractivity contribution >= 4 is 38.1 Å². The Morgan fingerprint density at radius 1 is 1.08 bits per heavy atom. The van der Waals surface area contributed by atoms with Crippen molar-refractivity contribution in [1.29, 1.82) is 0 Å². The number of thiazole rings is 1. The first kappa shape index (κ1) is 15.7. The van der Waals surface area contributed by atoms with E-state index in [4.69, 9.17) is 9.72 Å². The highest BCUT2D eigenvalue weighted by Crippen LogP contribution is 2.29. The fraction of sp³-hybridized carbons (Fsp3) is 0.200. The molecule has 1 saturated heterocycles. The van der Waals surface area contributed by atoms with Crippen molar-refractivity contribution in [3.63, 3.8) is 0 Å². The number of fused-ring (bicyclic) bond motifs is 2. The lowest BCUT2D eigenvalue weighted by molar-refractivity contribution is 0.00737. The van der Waals surface area contributed by atoms with E-state index >= 15 is 0 Å². The third kappa shape index (κ3) is 2.81. The summed E-state index contributed by atoms with van der Waals surface area (Å²) in [5, 5.41) is 0.818. The minimum absolute atomic E-state index is 0.238. The first-order valence-corrected chi connectivity index (χ1v) is 9.37. The van der Waals surface area contributed by atoms with Crippen LogP contribution >= 0.6 is 11.3 Å². The number of ether oxygens (including phenoxy) is 1. The minimum Gasteiger partial charge on any atom is -0.377 e. The molecule has 0 saturated carbocycles. The Bertz CT molecular complexity index is 1090. The van der Waals surface area contributed by atoms with Crippen LogP contribution in [0.4, 0.5) is 10.1 Å². The maximum absolute atomic E-state index is 13.4. The molecule has 0 bridgehead atoms. The zero-order valence-corrected chi connectivity index (χ0v) is 14.7. The van der Waals surface area contributed by atoms with Crippen LogP contribution in [0.2, 0.25) is 0 Å². The second kappa shape index (κ2) is 6.30. The van der Waals surface area contributed by atoms with Gasteiger partial charge in [0, 0.05) is 11.1 Å². The number of halogens is 1. The summed E-state index contributed by atoms with van der Waals surface area (Å²) in [6, 6.07) is 15.3. The Balaban J connectivity index is 1.50. The van der Waals surface area contributed by atoms with Crippen molar-refractivity contribution in [3.05, 3.63) is 65.6 Å². The van der Waals surface area contributed by atoms with Crippen LogP contribution in [0.5, 0.6) is 0 Å². The van der Waals surface area contributed by atoms with E-state index in [1.54, 1.807) is 17.4 Å². The number of aromatic nitrogens is 2. The Kier molecular flexibility index (Phi) is 3.80. The van der Waals surface area contributed by atoms with E-state index in [9.17, 15) is 4.39 Å². The number of benzene rings is 2. The summed E-state index contributed by atoms with van der Waals surface area (Å²) in [4.78, 5) is 11.4. The van der Waals surface area contributed by atoms with Crippen LogP contribution in [-0.2, 0) is 11.3 Å². The standard InChI is InChI=1S/C20H16FN3OS/c21-14-2-5-18-13(7-14)1-3-15(23-18)9-24(17-10-25-11-17)16-4-6-19-20(8-16)26-12-22-19/h1-8,12,17H,9-11H2. The summed E-state index contributed by atoms with van der Waals surface area (Å²) in [6.07, 6.45) is 0. The van der Waals surface area contributed by atoms with E-state index in [0.29, 0.717) is 12.6 Å². The number of pyridine rings is 1. The van der Waals surface area contributed by atoms with Crippen LogP contribution < -0.4 is 4.90 Å². The summed E-state index contributed by atoms with van der Waals surface area (Å²) in [6.45, 7) is 2.13. The van der Waals surface area contributed by atoms with E-state index in [1.165, 1.54) is 16.8 Å². The maximum Gasteiger partial charge on any atom is 0.123 e. The van der Waals surface area contributed by atoms with Crippen molar-refractivity contribution in [2.24, 2.45) is 0 Å². The van der Waals surface area contributed by atoms with Crippen LogP contribution in [0, 0.1) is 5.82 Å². The molecular weight excluding hydrogens is 349 g/mol. The van der Waals surface area contributed by atoms with Gasteiger partial charge < -0.3 is 9.64 Å². The second-order valence-corrected chi connectivity index (χ2v) is 7.35. The van der Waals surface area contributed by atoms with Gasteiger partial charge >= 0.3 is 0 Å². The lowest BCUT2D eigenvalue weighted by Gasteiger charge is -2.38. The van der Waals surface area contributed by atoms with Crippen LogP contribution in [0.25, 0.3) is 21.1 Å². The van der Waals surface area contributed by atoms with Crippen molar-refractivity contribution in [2.75, 3.05) is 18.1 Å². The highest BCUT2D eigenvalue weighted by atomic mass is 32.1. The molecule has 1 aliphatic rings. The molecule has 26 heavy (non-hydrogen) atoms. The lowest BCUT2D eigenvalue weighted by atomic mass is 10.1. The Morgan fingerprint density at radius 2 is 1.96 bits per heavy atom. The average Bonchev–Trinajstić information content (AvgIpc) is 3.07. The number of rotatable bonds is 4. The van der Waals surface area contributed by atoms with Crippen molar-refractivity contribution in [3.8, 4) is 0 Å². The molecule has 4 nitrogen and oxygen atoms in total. The van der Waals surface area contributed by atoms with E-state index in [-0.39, 0.29) is 5.82 Å². The van der Waals surface area contributed by atoms with Gasteiger partial charge in [0.15, 0.2) is 0 Å². The van der Waals surface area contributed by atoms with Crippen LogP contribution in [-0.4, -0.2) is 29.2 Å². The molecule has 0 aliphatic carbocycles. The summed E-state index contributed by atoms with van der Waals surface area (Å²) in [5.41, 5.74) is 5.81. The van der Waals surface area contributed by atoms with Crippen molar-refractivity contribution in [2.45, 2.75) is 12.6 Å². The molecule has 0 atom stereocenters. The largest absolute Gasteiger partial charge is 0.377 e. The van der Waals surface area contributed by atoms with Gasteiger partial charge in [0.05, 0.1) is 52.7 Å². The van der Waals surface area contributed by atoms with Gasteiger partial charge in [-0.2, -0.15) is 0 Å². The van der Waals surface area contributed by atoms with Crippen molar-refractivity contribution < 1.29 is 9.13 Å². The van der Waals surface area contributed by atoms with Gasteiger partial charge in [-0.25, -0.2) is 9.37 Å². The Morgan fingerprint density at radius 3 is 2.81 bits per heavy atom. The van der Waals surface area contributed by atoms with Gasteiger partial charge in [-0.1, -0.05) is 6.07 Å². The molecule has 0 radical (unpaired) electrons. The van der Waals surface area contributed by atoms with Crippen molar-refractivity contribution in [1.82, 2.24) is 9.97 Å². The van der Waals surface area contributed by atoms with E-state index in [2.05, 4.69) is 28.1 Å². The molecule has 4 aromatic rings. The maximum atomic E-state index is 13.4. The van der Waals surface area contributed by atoms with E-state index < -0.39 is 0 Å². The minimum atomic E-state index is -0.238. The summed E-state index contributed by atoms with van der Waals surface area (Å²) >= 11 is 1.65. The lowest BCUT2D eigenvalue weighted by Crippen LogP contribution is -2.49. The molecule has 0 amide bonds. The predicted molar refractivity (Wildman–Crippen MR) is 102 cm³/mol. The number of nitrogens with zero attached hydrogens (tertiary/aromatic N) is 3. The van der Waals surface area contributed by atoms with Gasteiger partial charge in [0.25, 0.3) is 0 Å². The first-order chi connectivity index (χ1) is 12.8. The summed E-state index contributed by atoms with van der Waals surface area (Å²) in [7, 11) is 0. The summed E-state index contributed by atoms with van der Waals surface area (Å²) in [5.74, 6) is -0.238. The zero-order chi connectivity index (χ0) is 17.5. The molecule has 0 spiro atoms. The fourth-order valence-electron chi connectivity index (χ4n) is 3.26. The van der Waals surface area contributed by atoms with Gasteiger partial charge in [-0.05, 0) is 42.5 Å². The highest BCUT2D eigenvalue weighted by Gasteiger charge is 2.27. The second-order valence-electron chi connectivity index (χ2n) is 6.46. The van der Waals surface area contributed by atoms with Crippen LogP contribution in [0.1, 0.15) is 5.69 Å². The van der Waals surface area contributed by atoms with E-state index in [0.717, 1.165) is 41.0 Å². The van der Waals surface area contributed by atoms with Gasteiger partial charge in [0.1, 0.15) is 5.82 Å². The molecule has 2 aromatic heterocycles. The predicted octanol–water partition coefficient (Wildman–Crippen LogP) is 4.39. The molecule has 1 aliphatic heterocycles. The van der Waals surface area contributed by atoms with E-state index in [1.807, 2.05) is 17.6 Å². The third-order valence-electron chi connectivity index (χ3n) is 4.75. The third-order valence-corrected chi connectivity index (χ3v) is 5.54. The molecule has 1 fully saturated rings. The number of hydrogen-bond donors (Lipinski definition) is 0. The Labute approximate surface area is 153 Å². The molecule has 2 aromatic carbocycles. The zero-order valence-electron chi connectivity index (χ0n) is 13.9. The number of hydrogen-bond acceptors (Lipinski definition) is 5. The molecule has 0 unspecified atom stereocenters.